The summed E-state index contributed by atoms with van der Waals surface area (Å²) in [4.78, 5) is 26.3. The number of ether oxygens (including phenoxy) is 1. The average Bonchev–Trinajstić information content (AvgIpc) is 3.02. The lowest BCUT2D eigenvalue weighted by Gasteiger charge is -2.17. The number of carbonyl (C=O) groups excluding carboxylic acids is 2. The lowest BCUT2D eigenvalue weighted by Crippen LogP contribution is -2.32. The number of hydrogen-bond acceptors (Lipinski definition) is 3. The largest absolute Gasteiger partial charge is 0.497 e. The van der Waals surface area contributed by atoms with Crippen LogP contribution in [0.1, 0.15) is 17.5 Å². The Balaban J connectivity index is 1.54. The molecular weight excluding hydrogens is 352 g/mol. The van der Waals surface area contributed by atoms with E-state index in [1.54, 1.807) is 18.1 Å². The van der Waals surface area contributed by atoms with Crippen LogP contribution in [0.4, 0.5) is 0 Å². The molecule has 0 aliphatic carbocycles. The van der Waals surface area contributed by atoms with Gasteiger partial charge in [0.25, 0.3) is 0 Å². The molecule has 2 aromatic carbocycles. The monoisotopic (exact) mass is 372 g/mol. The fourth-order valence-electron chi connectivity index (χ4n) is 3.01. The summed E-state index contributed by atoms with van der Waals surface area (Å²) in [5.41, 5.74) is 1.87. The Bertz CT molecular complexity index is 792. The molecule has 3 rings (SSSR count). The van der Waals surface area contributed by atoms with Gasteiger partial charge in [-0.25, -0.2) is 0 Å². The van der Waals surface area contributed by atoms with E-state index in [1.165, 1.54) is 0 Å². The highest BCUT2D eigenvalue weighted by molar-refractivity contribution is 6.31. The Hall–Kier alpha value is -2.53. The minimum atomic E-state index is -0.330. The van der Waals surface area contributed by atoms with Gasteiger partial charge in [-0.2, -0.15) is 0 Å². The van der Waals surface area contributed by atoms with Crippen molar-refractivity contribution in [3.8, 4) is 5.75 Å². The van der Waals surface area contributed by atoms with Gasteiger partial charge in [0, 0.05) is 31.1 Å². The Labute approximate surface area is 157 Å². The maximum absolute atomic E-state index is 12.4. The molecule has 1 saturated heterocycles. The first-order valence-electron chi connectivity index (χ1n) is 8.48. The van der Waals surface area contributed by atoms with Gasteiger partial charge in [-0.3, -0.25) is 9.59 Å². The maximum Gasteiger partial charge on any atom is 0.225 e. The Morgan fingerprint density at radius 3 is 2.65 bits per heavy atom. The SMILES string of the molecule is COc1ccc(CNC(=O)[C@@H]2CC(=O)N(Cc3ccccc3Cl)C2)cc1. The molecule has 1 heterocycles. The van der Waals surface area contributed by atoms with Crippen LogP contribution in [-0.2, 0) is 22.7 Å². The normalized spacial score (nSPS) is 16.6. The minimum absolute atomic E-state index is 0.0190. The molecular formula is C20H21ClN2O3. The van der Waals surface area contributed by atoms with Crippen molar-refractivity contribution in [1.29, 1.82) is 0 Å². The molecule has 0 bridgehead atoms. The van der Waals surface area contributed by atoms with Gasteiger partial charge in [-0.05, 0) is 29.3 Å². The van der Waals surface area contributed by atoms with Crippen molar-refractivity contribution in [1.82, 2.24) is 10.2 Å². The molecule has 6 heteroatoms. The van der Waals surface area contributed by atoms with Gasteiger partial charge in [-0.15, -0.1) is 0 Å². The van der Waals surface area contributed by atoms with Crippen LogP contribution in [0, 0.1) is 5.92 Å². The first-order chi connectivity index (χ1) is 12.6. The number of hydrogen-bond donors (Lipinski definition) is 1. The predicted molar refractivity (Wildman–Crippen MR) is 99.8 cm³/mol. The van der Waals surface area contributed by atoms with E-state index in [0.717, 1.165) is 16.9 Å². The smallest absolute Gasteiger partial charge is 0.225 e. The number of rotatable bonds is 6. The maximum atomic E-state index is 12.4. The van der Waals surface area contributed by atoms with Crippen LogP contribution in [-0.4, -0.2) is 30.4 Å². The van der Waals surface area contributed by atoms with Gasteiger partial charge in [-0.1, -0.05) is 41.9 Å². The van der Waals surface area contributed by atoms with Gasteiger partial charge < -0.3 is 15.0 Å². The number of nitrogens with one attached hydrogen (secondary N) is 1. The number of carbonyl (C=O) groups is 2. The van der Waals surface area contributed by atoms with Crippen molar-refractivity contribution < 1.29 is 14.3 Å². The average molecular weight is 373 g/mol. The second-order valence-electron chi connectivity index (χ2n) is 6.33. The molecule has 1 aliphatic rings. The predicted octanol–water partition coefficient (Wildman–Crippen LogP) is 3.01. The molecule has 136 valence electrons. The molecule has 1 aliphatic heterocycles. The van der Waals surface area contributed by atoms with Gasteiger partial charge in [0.05, 0.1) is 13.0 Å². The van der Waals surface area contributed by atoms with Crippen LogP contribution < -0.4 is 10.1 Å². The highest BCUT2D eigenvalue weighted by Crippen LogP contribution is 2.23. The van der Waals surface area contributed by atoms with E-state index in [-0.39, 0.29) is 24.2 Å². The van der Waals surface area contributed by atoms with E-state index in [0.29, 0.717) is 24.7 Å². The van der Waals surface area contributed by atoms with Crippen LogP contribution in [0.25, 0.3) is 0 Å². The summed E-state index contributed by atoms with van der Waals surface area (Å²) in [6, 6.07) is 15.0. The summed E-state index contributed by atoms with van der Waals surface area (Å²) in [6.07, 6.45) is 0.235. The van der Waals surface area contributed by atoms with Gasteiger partial charge in [0.15, 0.2) is 0 Å². The molecule has 26 heavy (non-hydrogen) atoms. The third-order valence-electron chi connectivity index (χ3n) is 4.53. The molecule has 2 amide bonds. The Morgan fingerprint density at radius 1 is 1.23 bits per heavy atom. The van der Waals surface area contributed by atoms with Gasteiger partial charge in [0.2, 0.25) is 11.8 Å². The number of halogens is 1. The van der Waals surface area contributed by atoms with E-state index in [9.17, 15) is 9.59 Å². The quantitative estimate of drug-likeness (QED) is 0.848. The third-order valence-corrected chi connectivity index (χ3v) is 4.90. The zero-order valence-electron chi connectivity index (χ0n) is 14.6. The van der Waals surface area contributed by atoms with E-state index in [2.05, 4.69) is 5.32 Å². The van der Waals surface area contributed by atoms with Crippen molar-refractivity contribution in [2.45, 2.75) is 19.5 Å². The van der Waals surface area contributed by atoms with Gasteiger partial charge in [0.1, 0.15) is 5.75 Å². The standard InChI is InChI=1S/C20H21ClN2O3/c1-26-17-8-6-14(7-9-17)11-22-20(25)16-10-19(24)23(13-16)12-15-4-2-3-5-18(15)21/h2-9,16H,10-13H2,1H3,(H,22,25)/t16-/m1/s1. The Kier molecular flexibility index (Phi) is 5.78. The highest BCUT2D eigenvalue weighted by atomic mass is 35.5. The summed E-state index contributed by atoms with van der Waals surface area (Å²) >= 11 is 6.16. The first-order valence-corrected chi connectivity index (χ1v) is 8.86. The van der Waals surface area contributed by atoms with Crippen molar-refractivity contribution in [3.63, 3.8) is 0 Å². The lowest BCUT2D eigenvalue weighted by molar-refractivity contribution is -0.129. The summed E-state index contributed by atoms with van der Waals surface area (Å²) in [5, 5.41) is 3.54. The molecule has 1 N–H and O–H groups in total. The molecule has 2 aromatic rings. The van der Waals surface area contributed by atoms with Crippen molar-refractivity contribution in [2.75, 3.05) is 13.7 Å². The Morgan fingerprint density at radius 2 is 1.96 bits per heavy atom. The number of nitrogens with zero attached hydrogens (tertiary/aromatic N) is 1. The number of amides is 2. The van der Waals surface area contributed by atoms with Crippen LogP contribution in [0.5, 0.6) is 5.75 Å². The number of likely N-dealkylation sites (tertiary alicyclic amines) is 1. The zero-order chi connectivity index (χ0) is 18.5. The number of methoxy groups -OCH3 is 1. The molecule has 0 aromatic heterocycles. The fourth-order valence-corrected chi connectivity index (χ4v) is 3.21. The second kappa shape index (κ2) is 8.23. The van der Waals surface area contributed by atoms with Crippen LogP contribution in [0.15, 0.2) is 48.5 Å². The molecule has 5 nitrogen and oxygen atoms in total. The molecule has 1 atom stereocenters. The molecule has 0 saturated carbocycles. The zero-order valence-corrected chi connectivity index (χ0v) is 15.3. The van der Waals surface area contributed by atoms with Crippen LogP contribution in [0.2, 0.25) is 5.02 Å². The summed E-state index contributed by atoms with van der Waals surface area (Å²) in [5.74, 6) is 0.324. The highest BCUT2D eigenvalue weighted by Gasteiger charge is 2.34. The van der Waals surface area contributed by atoms with Gasteiger partial charge >= 0.3 is 0 Å². The van der Waals surface area contributed by atoms with Crippen molar-refractivity contribution in [2.24, 2.45) is 5.92 Å². The summed E-state index contributed by atoms with van der Waals surface area (Å²) < 4.78 is 5.12. The van der Waals surface area contributed by atoms with E-state index in [1.807, 2.05) is 42.5 Å². The minimum Gasteiger partial charge on any atom is -0.497 e. The second-order valence-corrected chi connectivity index (χ2v) is 6.74. The molecule has 1 fully saturated rings. The topological polar surface area (TPSA) is 58.6 Å². The van der Waals surface area contributed by atoms with E-state index < -0.39 is 0 Å². The molecule has 0 radical (unpaired) electrons. The number of benzene rings is 2. The third kappa shape index (κ3) is 4.35. The van der Waals surface area contributed by atoms with Crippen molar-refractivity contribution >= 4 is 23.4 Å². The first kappa shape index (κ1) is 18.3. The summed E-state index contributed by atoms with van der Waals surface area (Å²) in [6.45, 7) is 1.28. The van der Waals surface area contributed by atoms with Crippen molar-refractivity contribution in [3.05, 3.63) is 64.7 Å². The molecule has 0 spiro atoms. The molecule has 0 unspecified atom stereocenters. The van der Waals surface area contributed by atoms with Crippen LogP contribution in [0.3, 0.4) is 0 Å². The fraction of sp³-hybridized carbons (Fsp3) is 0.300. The van der Waals surface area contributed by atoms with E-state index in [4.69, 9.17) is 16.3 Å². The summed E-state index contributed by atoms with van der Waals surface area (Å²) in [7, 11) is 1.61. The van der Waals surface area contributed by atoms with E-state index >= 15 is 0 Å². The van der Waals surface area contributed by atoms with Crippen LogP contribution >= 0.6 is 11.6 Å². The lowest BCUT2D eigenvalue weighted by atomic mass is 10.1.